The van der Waals surface area contributed by atoms with Gasteiger partial charge in [-0.3, -0.25) is 0 Å². The fourth-order valence-corrected chi connectivity index (χ4v) is 5.20. The number of rotatable bonds is 8. The van der Waals surface area contributed by atoms with E-state index in [0.717, 1.165) is 69.4 Å². The van der Waals surface area contributed by atoms with Gasteiger partial charge in [0.15, 0.2) is 0 Å². The second-order valence-electron chi connectivity index (χ2n) is 9.20. The number of urea groups is 1. The van der Waals surface area contributed by atoms with Crippen molar-refractivity contribution in [3.8, 4) is 5.75 Å². The highest BCUT2D eigenvalue weighted by molar-refractivity contribution is 5.74. The fraction of sp³-hybridized carbons (Fsp3) is 0.708. The Morgan fingerprint density at radius 1 is 1.14 bits per heavy atom. The number of nitrogens with one attached hydrogen (secondary N) is 2. The van der Waals surface area contributed by atoms with Crippen LogP contribution in [0, 0.1) is 11.8 Å². The van der Waals surface area contributed by atoms with Crippen molar-refractivity contribution in [2.75, 3.05) is 33.3 Å². The van der Waals surface area contributed by atoms with Crippen molar-refractivity contribution in [1.82, 2.24) is 15.5 Å². The summed E-state index contributed by atoms with van der Waals surface area (Å²) in [4.78, 5) is 14.2. The maximum atomic E-state index is 12.2. The lowest BCUT2D eigenvalue weighted by Crippen LogP contribution is -2.45. The van der Waals surface area contributed by atoms with Gasteiger partial charge < -0.3 is 20.3 Å². The van der Waals surface area contributed by atoms with Gasteiger partial charge in [-0.25, -0.2) is 4.79 Å². The maximum Gasteiger partial charge on any atom is 0.317 e. The lowest BCUT2D eigenvalue weighted by molar-refractivity contribution is 0.195. The van der Waals surface area contributed by atoms with Crippen LogP contribution in [-0.2, 0) is 0 Å². The summed E-state index contributed by atoms with van der Waals surface area (Å²) in [5.74, 6) is 3.26. The van der Waals surface area contributed by atoms with Crippen LogP contribution in [-0.4, -0.2) is 50.3 Å². The predicted octanol–water partition coefficient (Wildman–Crippen LogP) is 4.14. The van der Waals surface area contributed by atoms with Gasteiger partial charge in [0.05, 0.1) is 7.11 Å². The summed E-state index contributed by atoms with van der Waals surface area (Å²) in [5.41, 5.74) is 1.37. The number of benzene rings is 1. The van der Waals surface area contributed by atoms with Crippen LogP contribution in [0.3, 0.4) is 0 Å². The number of likely N-dealkylation sites (tertiary alicyclic amines) is 1. The van der Waals surface area contributed by atoms with E-state index in [2.05, 4.69) is 28.8 Å². The van der Waals surface area contributed by atoms with Gasteiger partial charge in [0.25, 0.3) is 0 Å². The highest BCUT2D eigenvalue weighted by Crippen LogP contribution is 2.49. The molecule has 5 nitrogen and oxygen atoms in total. The maximum absolute atomic E-state index is 12.2. The van der Waals surface area contributed by atoms with Gasteiger partial charge in [0, 0.05) is 19.1 Å². The summed E-state index contributed by atoms with van der Waals surface area (Å²) < 4.78 is 5.51. The Hall–Kier alpha value is -1.75. The molecule has 1 aromatic carbocycles. The van der Waals surface area contributed by atoms with Crippen molar-refractivity contribution in [2.45, 2.75) is 63.3 Å². The molecule has 2 amide bonds. The quantitative estimate of drug-likeness (QED) is 0.646. The molecule has 3 fully saturated rings. The van der Waals surface area contributed by atoms with Crippen molar-refractivity contribution >= 4 is 6.03 Å². The van der Waals surface area contributed by atoms with Gasteiger partial charge in [-0.1, -0.05) is 18.2 Å². The van der Waals surface area contributed by atoms with Crippen molar-refractivity contribution in [3.05, 3.63) is 29.8 Å². The van der Waals surface area contributed by atoms with Crippen molar-refractivity contribution < 1.29 is 9.53 Å². The van der Waals surface area contributed by atoms with Gasteiger partial charge in [-0.05, 0) is 93.8 Å². The number of nitrogens with zero attached hydrogens (tertiary/aromatic N) is 1. The zero-order valence-corrected chi connectivity index (χ0v) is 17.9. The van der Waals surface area contributed by atoms with E-state index in [-0.39, 0.29) is 6.03 Å². The molecule has 3 aliphatic rings. The number of carbonyl (C=O) groups excluding carboxylic acids is 1. The van der Waals surface area contributed by atoms with E-state index >= 15 is 0 Å². The van der Waals surface area contributed by atoms with E-state index in [1.54, 1.807) is 7.11 Å². The summed E-state index contributed by atoms with van der Waals surface area (Å²) in [7, 11) is 1.76. The normalized spacial score (nSPS) is 28.9. The number of amides is 2. The third-order valence-electron chi connectivity index (χ3n) is 7.16. The molecular weight excluding hydrogens is 362 g/mol. The Kier molecular flexibility index (Phi) is 6.96. The van der Waals surface area contributed by atoms with Crippen LogP contribution in [0.4, 0.5) is 4.79 Å². The zero-order valence-electron chi connectivity index (χ0n) is 17.9. The predicted molar refractivity (Wildman–Crippen MR) is 116 cm³/mol. The SMILES string of the molecule is COc1ccccc1[C@@H]1C[C@H]1CNCCC1CCC(NC(=O)N2CCCC2)CC1. The molecule has 2 aliphatic carbocycles. The minimum absolute atomic E-state index is 0.168. The summed E-state index contributed by atoms with van der Waals surface area (Å²) in [6.07, 6.45) is 9.64. The molecule has 2 saturated carbocycles. The molecule has 0 bridgehead atoms. The van der Waals surface area contributed by atoms with Crippen LogP contribution in [0.25, 0.3) is 0 Å². The lowest BCUT2D eigenvalue weighted by atomic mass is 9.84. The topological polar surface area (TPSA) is 53.6 Å². The highest BCUT2D eigenvalue weighted by atomic mass is 16.5. The van der Waals surface area contributed by atoms with Gasteiger partial charge >= 0.3 is 6.03 Å². The smallest absolute Gasteiger partial charge is 0.317 e. The standard InChI is InChI=1S/C24H37N3O2/c1-29-23-7-3-2-6-21(23)22-16-19(22)17-25-13-12-18-8-10-20(11-9-18)26-24(28)27-14-4-5-15-27/h2-3,6-7,18-20,22,25H,4-5,8-17H2,1H3,(H,26,28)/t18?,19-,20?,22+/m0/s1. The second kappa shape index (κ2) is 9.84. The molecule has 2 N–H and O–H groups in total. The molecule has 0 unspecified atom stereocenters. The number of methoxy groups -OCH3 is 1. The molecule has 0 spiro atoms. The number of ether oxygens (including phenoxy) is 1. The number of carbonyl (C=O) groups is 1. The largest absolute Gasteiger partial charge is 0.496 e. The van der Waals surface area contributed by atoms with Gasteiger partial charge in [0.1, 0.15) is 5.75 Å². The first kappa shape index (κ1) is 20.5. The van der Waals surface area contributed by atoms with Crippen LogP contribution < -0.4 is 15.4 Å². The van der Waals surface area contributed by atoms with Crippen LogP contribution in [0.5, 0.6) is 5.75 Å². The first-order valence-corrected chi connectivity index (χ1v) is 11.6. The van der Waals surface area contributed by atoms with Gasteiger partial charge in [0.2, 0.25) is 0 Å². The monoisotopic (exact) mass is 399 g/mol. The lowest BCUT2D eigenvalue weighted by Gasteiger charge is -2.30. The third kappa shape index (κ3) is 5.44. The molecule has 2 atom stereocenters. The van der Waals surface area contributed by atoms with E-state index in [9.17, 15) is 4.79 Å². The minimum Gasteiger partial charge on any atom is -0.496 e. The van der Waals surface area contributed by atoms with E-state index in [1.165, 1.54) is 31.2 Å². The van der Waals surface area contributed by atoms with E-state index in [4.69, 9.17) is 4.74 Å². The molecule has 29 heavy (non-hydrogen) atoms. The molecule has 160 valence electrons. The molecule has 0 radical (unpaired) electrons. The number of hydrogen-bond acceptors (Lipinski definition) is 3. The van der Waals surface area contributed by atoms with Gasteiger partial charge in [-0.2, -0.15) is 0 Å². The first-order chi connectivity index (χ1) is 14.2. The van der Waals surface area contributed by atoms with Gasteiger partial charge in [-0.15, -0.1) is 0 Å². The van der Waals surface area contributed by atoms with E-state index in [1.807, 2.05) is 11.0 Å². The highest BCUT2D eigenvalue weighted by Gasteiger charge is 2.39. The summed E-state index contributed by atoms with van der Waals surface area (Å²) in [6, 6.07) is 9.00. The van der Waals surface area contributed by atoms with Crippen molar-refractivity contribution in [2.24, 2.45) is 11.8 Å². The average molecular weight is 400 g/mol. The molecular formula is C24H37N3O2. The summed E-state index contributed by atoms with van der Waals surface area (Å²) in [5, 5.41) is 6.96. The first-order valence-electron chi connectivity index (χ1n) is 11.6. The Balaban J connectivity index is 1.08. The Labute approximate surface area is 175 Å². The number of para-hydroxylation sites is 1. The molecule has 1 aliphatic heterocycles. The second-order valence-corrected chi connectivity index (χ2v) is 9.20. The molecule has 4 rings (SSSR count). The molecule has 1 saturated heterocycles. The van der Waals surface area contributed by atoms with Crippen LogP contribution in [0.1, 0.15) is 62.8 Å². The Morgan fingerprint density at radius 3 is 2.66 bits per heavy atom. The zero-order chi connectivity index (χ0) is 20.1. The summed E-state index contributed by atoms with van der Waals surface area (Å²) >= 11 is 0. The summed E-state index contributed by atoms with van der Waals surface area (Å²) in [6.45, 7) is 4.10. The number of hydrogen-bond donors (Lipinski definition) is 2. The van der Waals surface area contributed by atoms with Crippen molar-refractivity contribution in [1.29, 1.82) is 0 Å². The van der Waals surface area contributed by atoms with Crippen LogP contribution in [0.2, 0.25) is 0 Å². The Morgan fingerprint density at radius 2 is 1.90 bits per heavy atom. The van der Waals surface area contributed by atoms with E-state index in [0.29, 0.717) is 12.0 Å². The molecule has 5 heteroatoms. The molecule has 0 aromatic heterocycles. The van der Waals surface area contributed by atoms with Crippen molar-refractivity contribution in [3.63, 3.8) is 0 Å². The minimum atomic E-state index is 0.168. The average Bonchev–Trinajstić information content (AvgIpc) is 3.30. The van der Waals surface area contributed by atoms with Crippen LogP contribution in [0.15, 0.2) is 24.3 Å². The Bertz CT molecular complexity index is 666. The fourth-order valence-electron chi connectivity index (χ4n) is 5.20. The van der Waals surface area contributed by atoms with E-state index < -0.39 is 0 Å². The third-order valence-corrected chi connectivity index (χ3v) is 7.16. The molecule has 1 heterocycles. The van der Waals surface area contributed by atoms with Crippen LogP contribution >= 0.6 is 0 Å². The molecule has 1 aromatic rings.